The molecule has 2 rings (SSSR count). The van der Waals surface area contributed by atoms with Gasteiger partial charge in [-0.1, -0.05) is 23.7 Å². The zero-order chi connectivity index (χ0) is 13.0. The summed E-state index contributed by atoms with van der Waals surface area (Å²) in [5, 5.41) is 3.93. The van der Waals surface area contributed by atoms with Crippen molar-refractivity contribution in [2.75, 3.05) is 11.9 Å². The van der Waals surface area contributed by atoms with Crippen molar-refractivity contribution in [3.63, 3.8) is 0 Å². The van der Waals surface area contributed by atoms with Gasteiger partial charge in [-0.25, -0.2) is 4.98 Å². The van der Waals surface area contributed by atoms with E-state index in [0.717, 1.165) is 17.3 Å². The van der Waals surface area contributed by atoms with Gasteiger partial charge < -0.3 is 14.6 Å². The Morgan fingerprint density at radius 1 is 1.39 bits per heavy atom. The third-order valence-corrected chi connectivity index (χ3v) is 3.00. The minimum Gasteiger partial charge on any atom is -0.492 e. The predicted molar refractivity (Wildman–Crippen MR) is 73.2 cm³/mol. The van der Waals surface area contributed by atoms with Crippen LogP contribution < -0.4 is 10.1 Å². The number of hydrogen-bond acceptors (Lipinski definition) is 3. The van der Waals surface area contributed by atoms with Gasteiger partial charge in [0.2, 0.25) is 0 Å². The number of aromatic nitrogens is 2. The van der Waals surface area contributed by atoms with Gasteiger partial charge >= 0.3 is 0 Å². The molecule has 0 unspecified atom stereocenters. The van der Waals surface area contributed by atoms with Crippen molar-refractivity contribution in [3.8, 4) is 5.75 Å². The van der Waals surface area contributed by atoms with Crippen LogP contribution in [-0.2, 0) is 13.6 Å². The summed E-state index contributed by atoms with van der Waals surface area (Å²) < 4.78 is 7.39. The van der Waals surface area contributed by atoms with Crippen LogP contribution in [-0.4, -0.2) is 16.2 Å². The first kappa shape index (κ1) is 12.8. The Morgan fingerprint density at radius 2 is 2.17 bits per heavy atom. The second-order valence-corrected chi connectivity index (χ2v) is 4.23. The van der Waals surface area contributed by atoms with Crippen LogP contribution in [0.15, 0.2) is 30.5 Å². The molecular formula is C13H16ClN3O. The third-order valence-electron chi connectivity index (χ3n) is 2.65. The summed E-state index contributed by atoms with van der Waals surface area (Å²) in [5.41, 5.74) is 0.957. The van der Waals surface area contributed by atoms with E-state index in [1.54, 1.807) is 6.20 Å². The zero-order valence-electron chi connectivity index (χ0n) is 10.5. The Hall–Kier alpha value is -1.68. The molecule has 0 aliphatic heterocycles. The van der Waals surface area contributed by atoms with Crippen molar-refractivity contribution in [2.24, 2.45) is 7.05 Å². The smallest absolute Gasteiger partial charge is 0.142 e. The summed E-state index contributed by atoms with van der Waals surface area (Å²) in [6.45, 7) is 3.22. The summed E-state index contributed by atoms with van der Waals surface area (Å²) >= 11 is 5.94. The first-order valence-corrected chi connectivity index (χ1v) is 6.22. The molecule has 0 aliphatic carbocycles. The summed E-state index contributed by atoms with van der Waals surface area (Å²) in [6, 6.07) is 7.84. The van der Waals surface area contributed by atoms with Gasteiger partial charge in [0.1, 0.15) is 16.7 Å². The fourth-order valence-corrected chi connectivity index (χ4v) is 1.80. The first-order valence-electron chi connectivity index (χ1n) is 5.84. The normalized spacial score (nSPS) is 10.4. The number of ether oxygens (including phenoxy) is 1. The summed E-state index contributed by atoms with van der Waals surface area (Å²) in [7, 11) is 1.89. The highest BCUT2D eigenvalue weighted by Gasteiger charge is 2.06. The van der Waals surface area contributed by atoms with E-state index >= 15 is 0 Å². The second-order valence-electron chi connectivity index (χ2n) is 3.84. The van der Waals surface area contributed by atoms with Crippen LogP contribution >= 0.6 is 11.6 Å². The molecule has 2 aromatic rings. The molecule has 0 radical (unpaired) electrons. The summed E-state index contributed by atoms with van der Waals surface area (Å²) in [4.78, 5) is 4.23. The Bertz CT molecular complexity index is 525. The molecule has 4 nitrogen and oxygen atoms in total. The lowest BCUT2D eigenvalue weighted by molar-refractivity contribution is 0.341. The molecule has 5 heteroatoms. The van der Waals surface area contributed by atoms with Crippen LogP contribution in [0, 0.1) is 0 Å². The van der Waals surface area contributed by atoms with Crippen molar-refractivity contribution >= 4 is 17.3 Å². The van der Waals surface area contributed by atoms with Crippen molar-refractivity contribution < 1.29 is 4.74 Å². The van der Waals surface area contributed by atoms with Gasteiger partial charge in [-0.3, -0.25) is 0 Å². The van der Waals surface area contributed by atoms with Gasteiger partial charge in [0.15, 0.2) is 0 Å². The molecule has 1 N–H and O–H groups in total. The van der Waals surface area contributed by atoms with Gasteiger partial charge in [-0.15, -0.1) is 0 Å². The van der Waals surface area contributed by atoms with E-state index in [0.29, 0.717) is 18.3 Å². The molecule has 96 valence electrons. The average molecular weight is 266 g/mol. The lowest BCUT2D eigenvalue weighted by Crippen LogP contribution is -2.07. The van der Waals surface area contributed by atoms with Gasteiger partial charge in [0, 0.05) is 7.05 Å². The van der Waals surface area contributed by atoms with Crippen molar-refractivity contribution in [1.29, 1.82) is 0 Å². The van der Waals surface area contributed by atoms with E-state index in [9.17, 15) is 0 Å². The average Bonchev–Trinajstić information content (AvgIpc) is 2.70. The maximum Gasteiger partial charge on any atom is 0.142 e. The van der Waals surface area contributed by atoms with Crippen molar-refractivity contribution in [1.82, 2.24) is 9.55 Å². The summed E-state index contributed by atoms with van der Waals surface area (Å²) in [6.07, 6.45) is 1.65. The number of rotatable bonds is 5. The van der Waals surface area contributed by atoms with Crippen LogP contribution in [0.25, 0.3) is 0 Å². The lowest BCUT2D eigenvalue weighted by Gasteiger charge is -2.12. The highest BCUT2D eigenvalue weighted by molar-refractivity contribution is 6.29. The minimum atomic E-state index is 0.604. The maximum absolute atomic E-state index is 5.94. The molecule has 0 saturated carbocycles. The Kier molecular flexibility index (Phi) is 4.10. The molecule has 0 fully saturated rings. The number of nitrogens with one attached hydrogen (secondary N) is 1. The van der Waals surface area contributed by atoms with Gasteiger partial charge in [0.25, 0.3) is 0 Å². The van der Waals surface area contributed by atoms with E-state index in [-0.39, 0.29) is 0 Å². The van der Waals surface area contributed by atoms with E-state index in [1.807, 2.05) is 42.8 Å². The quantitative estimate of drug-likeness (QED) is 0.903. The molecule has 0 saturated heterocycles. The topological polar surface area (TPSA) is 39.1 Å². The van der Waals surface area contributed by atoms with E-state index in [1.165, 1.54) is 0 Å². The predicted octanol–water partition coefficient (Wildman–Crippen LogP) is 3.08. The first-order chi connectivity index (χ1) is 8.72. The van der Waals surface area contributed by atoms with Crippen LogP contribution in [0.4, 0.5) is 5.69 Å². The van der Waals surface area contributed by atoms with Crippen molar-refractivity contribution in [3.05, 3.63) is 41.4 Å². The molecular weight excluding hydrogens is 250 g/mol. The van der Waals surface area contributed by atoms with Crippen LogP contribution in [0.1, 0.15) is 12.7 Å². The van der Waals surface area contributed by atoms with Gasteiger partial charge in [-0.05, 0) is 19.1 Å². The molecule has 1 heterocycles. The fourth-order valence-electron chi connectivity index (χ4n) is 1.66. The monoisotopic (exact) mass is 265 g/mol. The number of anilines is 1. The van der Waals surface area contributed by atoms with E-state index < -0.39 is 0 Å². The zero-order valence-corrected chi connectivity index (χ0v) is 11.2. The van der Waals surface area contributed by atoms with Crippen LogP contribution in [0.2, 0.25) is 5.15 Å². The number of benzene rings is 1. The standard InChI is InChI=1S/C13H16ClN3O/c1-3-18-11-7-5-4-6-10(11)15-9-13-16-8-12(14)17(13)2/h4-8,15H,3,9H2,1-2H3. The molecule has 1 aromatic heterocycles. The molecule has 1 aromatic carbocycles. The number of hydrogen-bond donors (Lipinski definition) is 1. The molecule has 0 atom stereocenters. The lowest BCUT2D eigenvalue weighted by atomic mass is 10.3. The number of para-hydroxylation sites is 2. The minimum absolute atomic E-state index is 0.604. The Morgan fingerprint density at radius 3 is 2.83 bits per heavy atom. The van der Waals surface area contributed by atoms with Crippen LogP contribution in [0.5, 0.6) is 5.75 Å². The summed E-state index contributed by atoms with van der Waals surface area (Å²) in [5.74, 6) is 1.73. The molecule has 18 heavy (non-hydrogen) atoms. The number of halogens is 1. The number of nitrogens with zero attached hydrogens (tertiary/aromatic N) is 2. The Labute approximate surface area is 112 Å². The highest BCUT2D eigenvalue weighted by atomic mass is 35.5. The van der Waals surface area contributed by atoms with Gasteiger partial charge in [0.05, 0.1) is 25.0 Å². The molecule has 0 bridgehead atoms. The molecule has 0 amide bonds. The molecule has 0 aliphatic rings. The Balaban J connectivity index is 2.08. The maximum atomic E-state index is 5.94. The van der Waals surface area contributed by atoms with E-state index in [4.69, 9.17) is 16.3 Å². The van der Waals surface area contributed by atoms with Crippen molar-refractivity contribution in [2.45, 2.75) is 13.5 Å². The van der Waals surface area contributed by atoms with Crippen LogP contribution in [0.3, 0.4) is 0 Å². The largest absolute Gasteiger partial charge is 0.492 e. The SMILES string of the molecule is CCOc1ccccc1NCc1ncc(Cl)n1C. The highest BCUT2D eigenvalue weighted by Crippen LogP contribution is 2.24. The third kappa shape index (κ3) is 2.76. The molecule has 0 spiro atoms. The number of imidazole rings is 1. The fraction of sp³-hybridized carbons (Fsp3) is 0.308. The van der Waals surface area contributed by atoms with Gasteiger partial charge in [-0.2, -0.15) is 0 Å². The van der Waals surface area contributed by atoms with E-state index in [2.05, 4.69) is 10.3 Å². The second kappa shape index (κ2) is 5.78.